The largest absolute Gasteiger partial charge is 0.437 e. The van der Waals surface area contributed by atoms with Gasteiger partial charge in [0, 0.05) is 22.7 Å². The van der Waals surface area contributed by atoms with Crippen LogP contribution in [0.15, 0.2) is 82.5 Å². The smallest absolute Gasteiger partial charge is 0.271 e. The lowest BCUT2D eigenvalue weighted by Gasteiger charge is -2.50. The minimum absolute atomic E-state index is 0.00484. The van der Waals surface area contributed by atoms with E-state index in [0.29, 0.717) is 11.4 Å². The number of halogens is 3. The monoisotopic (exact) mass is 835 g/mol. The number of nitrogens with one attached hydrogen (secondary N) is 2. The summed E-state index contributed by atoms with van der Waals surface area (Å²) in [6.07, 6.45) is 5.93. The van der Waals surface area contributed by atoms with Crippen LogP contribution in [0.4, 0.5) is 5.69 Å². The predicted octanol–water partition coefficient (Wildman–Crippen LogP) is 8.80. The van der Waals surface area contributed by atoms with Gasteiger partial charge in [0.1, 0.15) is 15.6 Å². The number of fused-ring (bicyclic) bond motifs is 1. The second kappa shape index (κ2) is 14.8. The SMILES string of the molecule is CI.CI.O=S(=O)(Nc1cccnc1Oc1ccc2c(c1)C(C1(c3ccc(Cl)cc3)CCC1)NCC2)c1cccs1. The Balaban J connectivity index is 0.000000929. The van der Waals surface area contributed by atoms with Gasteiger partial charge in [0.2, 0.25) is 5.88 Å². The summed E-state index contributed by atoms with van der Waals surface area (Å²) >= 11 is 11.6. The molecule has 2 aromatic carbocycles. The number of rotatable bonds is 7. The summed E-state index contributed by atoms with van der Waals surface area (Å²) < 4.78 is 34.7. The van der Waals surface area contributed by atoms with E-state index >= 15 is 0 Å². The Kier molecular flexibility index (Phi) is 11.7. The number of anilines is 1. The first kappa shape index (κ1) is 32.5. The van der Waals surface area contributed by atoms with Gasteiger partial charge >= 0.3 is 0 Å². The van der Waals surface area contributed by atoms with Crippen LogP contribution >= 0.6 is 68.1 Å². The highest BCUT2D eigenvalue weighted by Crippen LogP contribution is 2.54. The van der Waals surface area contributed by atoms with E-state index in [2.05, 4.69) is 84.5 Å². The first-order valence-corrected chi connectivity index (χ1v) is 20.1. The third-order valence-electron chi connectivity index (χ3n) is 7.38. The fourth-order valence-electron chi connectivity index (χ4n) is 5.44. The van der Waals surface area contributed by atoms with Gasteiger partial charge in [-0.1, -0.05) is 87.5 Å². The maximum absolute atomic E-state index is 12.8. The molecule has 1 unspecified atom stereocenters. The van der Waals surface area contributed by atoms with Crippen LogP contribution in [-0.2, 0) is 21.9 Å². The topological polar surface area (TPSA) is 80.3 Å². The zero-order chi connectivity index (χ0) is 29.5. The molecule has 1 fully saturated rings. The number of hydrogen-bond donors (Lipinski definition) is 2. The van der Waals surface area contributed by atoms with Crippen LogP contribution in [0.3, 0.4) is 0 Å². The molecule has 1 saturated carbocycles. The molecule has 218 valence electrons. The minimum Gasteiger partial charge on any atom is -0.437 e. The zero-order valence-electron chi connectivity index (χ0n) is 22.7. The summed E-state index contributed by atoms with van der Waals surface area (Å²) in [6, 6.07) is 21.1. The van der Waals surface area contributed by atoms with E-state index in [9.17, 15) is 8.42 Å². The quantitative estimate of drug-likeness (QED) is 0.144. The fourth-order valence-corrected chi connectivity index (χ4v) is 7.62. The van der Waals surface area contributed by atoms with Crippen LogP contribution in [0.25, 0.3) is 0 Å². The van der Waals surface area contributed by atoms with E-state index in [0.717, 1.165) is 42.2 Å². The second-order valence-corrected chi connectivity index (χ2v) is 12.8. The average molecular weight is 836 g/mol. The molecule has 41 heavy (non-hydrogen) atoms. The summed E-state index contributed by atoms with van der Waals surface area (Å²) in [5.41, 5.74) is 4.12. The van der Waals surface area contributed by atoms with Crippen LogP contribution in [0.1, 0.15) is 42.0 Å². The van der Waals surface area contributed by atoms with E-state index < -0.39 is 10.0 Å². The Hall–Kier alpha value is -1.45. The number of ether oxygens (including phenoxy) is 1. The Morgan fingerprint density at radius 3 is 2.46 bits per heavy atom. The molecule has 0 amide bonds. The van der Waals surface area contributed by atoms with Gasteiger partial charge in [0.15, 0.2) is 0 Å². The standard InChI is InChI=1S/C28H26ClN3O3S2.2CH3I/c29-21-9-7-20(8-10-21)28(13-3-14-28)26-23-18-22(11-6-19(23)12-16-30-26)35-27-24(4-1-15-31-27)32-37(33,34)25-5-2-17-36-25;2*1-2/h1-2,4-11,15,17-18,26,30,32H,3,12-14,16H2;2*1H3. The molecule has 11 heteroatoms. The summed E-state index contributed by atoms with van der Waals surface area (Å²) in [6.45, 7) is 0.919. The molecule has 4 aromatic rings. The summed E-state index contributed by atoms with van der Waals surface area (Å²) in [7, 11) is -3.73. The predicted molar refractivity (Wildman–Crippen MR) is 187 cm³/mol. The van der Waals surface area contributed by atoms with Crippen molar-refractivity contribution >= 4 is 83.8 Å². The second-order valence-electron chi connectivity index (χ2n) is 9.51. The van der Waals surface area contributed by atoms with Crippen molar-refractivity contribution in [2.24, 2.45) is 0 Å². The van der Waals surface area contributed by atoms with Gasteiger partial charge in [0.05, 0.1) is 0 Å². The van der Waals surface area contributed by atoms with Crippen LogP contribution in [0, 0.1) is 0 Å². The van der Waals surface area contributed by atoms with E-state index in [-0.39, 0.29) is 21.5 Å². The highest BCUT2D eigenvalue weighted by atomic mass is 127. The molecule has 1 aliphatic heterocycles. The molecule has 3 heterocycles. The lowest BCUT2D eigenvalue weighted by molar-refractivity contribution is 0.164. The van der Waals surface area contributed by atoms with E-state index in [1.165, 1.54) is 23.1 Å². The van der Waals surface area contributed by atoms with Gasteiger partial charge in [-0.05, 0) is 100 Å². The molecular formula is C30H32ClI2N3O3S2. The number of hydrogen-bond acceptors (Lipinski definition) is 6. The van der Waals surface area contributed by atoms with Crippen molar-refractivity contribution in [2.75, 3.05) is 21.1 Å². The maximum atomic E-state index is 12.8. The Bertz CT molecular complexity index is 1530. The molecule has 2 aromatic heterocycles. The van der Waals surface area contributed by atoms with Crippen molar-refractivity contribution in [3.05, 3.63) is 100 Å². The lowest BCUT2D eigenvalue weighted by Crippen LogP contribution is -2.49. The van der Waals surface area contributed by atoms with E-state index in [1.54, 1.807) is 35.8 Å². The minimum atomic E-state index is -3.73. The highest BCUT2D eigenvalue weighted by Gasteiger charge is 2.47. The van der Waals surface area contributed by atoms with Crippen molar-refractivity contribution in [2.45, 2.75) is 41.3 Å². The van der Waals surface area contributed by atoms with Gasteiger partial charge in [-0.2, -0.15) is 0 Å². The number of nitrogens with zero attached hydrogens (tertiary/aromatic N) is 1. The molecule has 0 bridgehead atoms. The summed E-state index contributed by atoms with van der Waals surface area (Å²) in [5, 5.41) is 6.26. The zero-order valence-corrected chi connectivity index (χ0v) is 29.4. The molecule has 6 nitrogen and oxygen atoms in total. The van der Waals surface area contributed by atoms with Crippen molar-refractivity contribution in [3.8, 4) is 11.6 Å². The van der Waals surface area contributed by atoms with Crippen LogP contribution in [0.2, 0.25) is 5.02 Å². The van der Waals surface area contributed by atoms with Gasteiger partial charge in [-0.3, -0.25) is 4.72 Å². The summed E-state index contributed by atoms with van der Waals surface area (Å²) in [4.78, 5) is 8.27. The van der Waals surface area contributed by atoms with Crippen molar-refractivity contribution in [3.63, 3.8) is 0 Å². The van der Waals surface area contributed by atoms with Gasteiger partial charge in [0.25, 0.3) is 10.0 Å². The molecular weight excluding hydrogens is 804 g/mol. The first-order chi connectivity index (χ1) is 19.9. The highest BCUT2D eigenvalue weighted by molar-refractivity contribution is 14.1. The molecule has 6 rings (SSSR count). The molecule has 1 aliphatic carbocycles. The third-order valence-corrected chi connectivity index (χ3v) is 10.4. The lowest BCUT2D eigenvalue weighted by atomic mass is 9.58. The number of aromatic nitrogens is 1. The number of sulfonamides is 1. The average Bonchev–Trinajstić information content (AvgIpc) is 3.53. The Labute approximate surface area is 279 Å². The number of thiophene rings is 1. The normalized spacial score (nSPS) is 17.0. The first-order valence-electron chi connectivity index (χ1n) is 13.0. The van der Waals surface area contributed by atoms with Crippen molar-refractivity contribution < 1.29 is 13.2 Å². The Morgan fingerprint density at radius 2 is 1.80 bits per heavy atom. The summed E-state index contributed by atoms with van der Waals surface area (Å²) in [5.74, 6) is 0.826. The van der Waals surface area contributed by atoms with Gasteiger partial charge in [-0.25, -0.2) is 13.4 Å². The van der Waals surface area contributed by atoms with E-state index in [1.807, 2.05) is 28.1 Å². The van der Waals surface area contributed by atoms with Crippen molar-refractivity contribution in [1.29, 1.82) is 0 Å². The van der Waals surface area contributed by atoms with E-state index in [4.69, 9.17) is 16.3 Å². The molecule has 0 saturated heterocycles. The number of alkyl halides is 2. The maximum Gasteiger partial charge on any atom is 0.271 e. The fraction of sp³-hybridized carbons (Fsp3) is 0.300. The number of pyridine rings is 1. The Morgan fingerprint density at radius 1 is 1.05 bits per heavy atom. The molecule has 1 atom stereocenters. The van der Waals surface area contributed by atoms with Gasteiger partial charge < -0.3 is 10.1 Å². The molecule has 0 radical (unpaired) electrons. The van der Waals surface area contributed by atoms with Crippen molar-refractivity contribution in [1.82, 2.24) is 10.3 Å². The number of benzene rings is 2. The van der Waals surface area contributed by atoms with Crippen LogP contribution in [0.5, 0.6) is 11.6 Å². The van der Waals surface area contributed by atoms with Crippen LogP contribution < -0.4 is 14.8 Å². The molecule has 2 N–H and O–H groups in total. The van der Waals surface area contributed by atoms with Gasteiger partial charge in [-0.15, -0.1) is 11.3 Å². The van der Waals surface area contributed by atoms with Crippen LogP contribution in [-0.4, -0.2) is 29.8 Å². The molecule has 2 aliphatic rings. The molecule has 0 spiro atoms. The third kappa shape index (κ3) is 7.20.